The smallest absolute Gasteiger partial charge is 0.209 e. The Balaban J connectivity index is 0.000000271. The first-order chi connectivity index (χ1) is 17.2. The van der Waals surface area contributed by atoms with Gasteiger partial charge in [0.05, 0.1) is 17.1 Å². The van der Waals surface area contributed by atoms with Crippen LogP contribution in [0.5, 0.6) is 0 Å². The van der Waals surface area contributed by atoms with E-state index in [2.05, 4.69) is 60.6 Å². The predicted molar refractivity (Wildman–Crippen MR) is 137 cm³/mol. The Hall–Kier alpha value is -4.53. The molecule has 0 fully saturated rings. The van der Waals surface area contributed by atoms with E-state index in [1.54, 1.807) is 23.6 Å². The molecule has 0 saturated carbocycles. The first-order valence-electron chi connectivity index (χ1n) is 11.5. The van der Waals surface area contributed by atoms with Crippen LogP contribution in [0.25, 0.3) is 27.5 Å². The number of carbonyl (C=O) groups is 1. The van der Waals surface area contributed by atoms with Crippen molar-refractivity contribution >= 4 is 45.4 Å². The van der Waals surface area contributed by atoms with Gasteiger partial charge in [0.2, 0.25) is 6.41 Å². The monoisotopic (exact) mass is 466 g/mol. The van der Waals surface area contributed by atoms with Gasteiger partial charge in [0.1, 0.15) is 17.8 Å². The summed E-state index contributed by atoms with van der Waals surface area (Å²) in [4.78, 5) is 28.7. The number of aryl methyl sites for hydroxylation is 1. The molecule has 176 valence electrons. The van der Waals surface area contributed by atoms with Crippen LogP contribution >= 0.6 is 0 Å². The average molecular weight is 467 g/mol. The maximum atomic E-state index is 10.9. The third-order valence-electron chi connectivity index (χ3n) is 6.00. The third-order valence-corrected chi connectivity index (χ3v) is 6.00. The number of rotatable bonds is 5. The Morgan fingerprint density at radius 3 is 2.86 bits per heavy atom. The lowest BCUT2D eigenvalue weighted by molar-refractivity contribution is -0.117. The van der Waals surface area contributed by atoms with Crippen LogP contribution in [-0.4, -0.2) is 54.5 Å². The normalized spacial score (nSPS) is 13.3. The number of pyridine rings is 1. The summed E-state index contributed by atoms with van der Waals surface area (Å²) in [6.07, 6.45) is 11.9. The Labute approximate surface area is 202 Å². The lowest BCUT2D eigenvalue weighted by atomic mass is 10.1. The molecule has 9 heteroatoms. The van der Waals surface area contributed by atoms with Crippen molar-refractivity contribution in [3.05, 3.63) is 78.6 Å². The van der Waals surface area contributed by atoms with Gasteiger partial charge < -0.3 is 15.2 Å². The molecule has 1 aromatic carbocycles. The van der Waals surface area contributed by atoms with Gasteiger partial charge in [0.15, 0.2) is 0 Å². The molecule has 1 aliphatic heterocycles. The van der Waals surface area contributed by atoms with Gasteiger partial charge in [-0.25, -0.2) is 9.97 Å². The number of H-pyrrole nitrogens is 2. The molecular weight excluding hydrogens is 440 g/mol. The van der Waals surface area contributed by atoms with Crippen molar-refractivity contribution in [1.29, 1.82) is 0 Å². The molecule has 5 heterocycles. The summed E-state index contributed by atoms with van der Waals surface area (Å²) in [5, 5.41) is 12.3. The number of aromatic nitrogens is 6. The second-order valence-electron chi connectivity index (χ2n) is 8.26. The zero-order chi connectivity index (χ0) is 24.0. The third kappa shape index (κ3) is 5.03. The van der Waals surface area contributed by atoms with Crippen LogP contribution in [0.15, 0.2) is 67.4 Å². The fourth-order valence-electron chi connectivity index (χ4n) is 4.00. The van der Waals surface area contributed by atoms with Gasteiger partial charge in [-0.2, -0.15) is 5.10 Å². The van der Waals surface area contributed by atoms with E-state index < -0.39 is 0 Å². The molecule has 1 aliphatic rings. The minimum absolute atomic E-state index is 0.635. The molecule has 0 aliphatic carbocycles. The summed E-state index contributed by atoms with van der Waals surface area (Å²) in [5.41, 5.74) is 6.22. The zero-order valence-electron chi connectivity index (χ0n) is 19.4. The minimum atomic E-state index is 0.635. The van der Waals surface area contributed by atoms with Crippen molar-refractivity contribution in [2.75, 3.05) is 18.4 Å². The molecule has 0 bridgehead atoms. The summed E-state index contributed by atoms with van der Waals surface area (Å²) in [6, 6.07) is 12.1. The molecule has 0 radical (unpaired) electrons. The first-order valence-corrected chi connectivity index (χ1v) is 11.5. The lowest BCUT2D eigenvalue weighted by Gasteiger charge is -2.21. The molecule has 1 amide bonds. The molecule has 0 unspecified atom stereocenters. The van der Waals surface area contributed by atoms with Gasteiger partial charge in [-0.3, -0.25) is 14.9 Å². The molecule has 4 aromatic heterocycles. The zero-order valence-corrected chi connectivity index (χ0v) is 19.4. The quantitative estimate of drug-likeness (QED) is 0.329. The highest BCUT2D eigenvalue weighted by atomic mass is 16.1. The van der Waals surface area contributed by atoms with Crippen molar-refractivity contribution in [1.82, 2.24) is 35.0 Å². The largest absolute Gasteiger partial charge is 0.341 e. The maximum absolute atomic E-state index is 10.9. The van der Waals surface area contributed by atoms with Crippen LogP contribution in [-0.2, 0) is 11.2 Å². The number of nitrogens with zero attached hydrogens (tertiary/aromatic N) is 5. The Kier molecular flexibility index (Phi) is 6.47. The van der Waals surface area contributed by atoms with E-state index in [4.69, 9.17) is 0 Å². The highest BCUT2D eigenvalue weighted by molar-refractivity contribution is 5.93. The van der Waals surface area contributed by atoms with Gasteiger partial charge in [0, 0.05) is 42.3 Å². The van der Waals surface area contributed by atoms with Gasteiger partial charge in [-0.1, -0.05) is 19.1 Å². The maximum Gasteiger partial charge on any atom is 0.209 e. The van der Waals surface area contributed by atoms with Gasteiger partial charge in [0.25, 0.3) is 0 Å². The van der Waals surface area contributed by atoms with E-state index in [0.717, 1.165) is 64.9 Å². The van der Waals surface area contributed by atoms with Crippen molar-refractivity contribution in [3.63, 3.8) is 0 Å². The topological polar surface area (TPSA) is 115 Å². The van der Waals surface area contributed by atoms with Crippen LogP contribution < -0.4 is 5.32 Å². The number of aromatic amines is 2. The van der Waals surface area contributed by atoms with Crippen molar-refractivity contribution in [2.24, 2.45) is 0 Å². The molecular formula is C26H26N8O. The molecule has 3 N–H and O–H groups in total. The van der Waals surface area contributed by atoms with Crippen LogP contribution in [0, 0.1) is 0 Å². The van der Waals surface area contributed by atoms with Crippen LogP contribution in [0.1, 0.15) is 24.6 Å². The molecule has 0 saturated heterocycles. The molecule has 9 nitrogen and oxygen atoms in total. The van der Waals surface area contributed by atoms with Crippen LogP contribution in [0.4, 0.5) is 11.5 Å². The predicted octanol–water partition coefficient (Wildman–Crippen LogP) is 4.47. The van der Waals surface area contributed by atoms with Crippen molar-refractivity contribution < 1.29 is 4.79 Å². The molecule has 5 aromatic rings. The number of hydrogen-bond donors (Lipinski definition) is 3. The molecule has 0 spiro atoms. The fraction of sp³-hybridized carbons (Fsp3) is 0.192. The Morgan fingerprint density at radius 2 is 2.11 bits per heavy atom. The number of benzene rings is 1. The fourth-order valence-corrected chi connectivity index (χ4v) is 4.00. The summed E-state index contributed by atoms with van der Waals surface area (Å²) >= 11 is 0. The molecule has 0 atom stereocenters. The van der Waals surface area contributed by atoms with E-state index in [9.17, 15) is 4.79 Å². The number of nitrogens with one attached hydrogen (secondary N) is 3. The van der Waals surface area contributed by atoms with E-state index in [-0.39, 0.29) is 0 Å². The highest BCUT2D eigenvalue weighted by Crippen LogP contribution is 2.29. The van der Waals surface area contributed by atoms with Crippen molar-refractivity contribution in [2.45, 2.75) is 19.8 Å². The molecule has 6 rings (SSSR count). The first kappa shape index (κ1) is 22.3. The van der Waals surface area contributed by atoms with E-state index in [1.165, 1.54) is 11.1 Å². The van der Waals surface area contributed by atoms with Gasteiger partial charge in [-0.05, 0) is 54.3 Å². The summed E-state index contributed by atoms with van der Waals surface area (Å²) < 4.78 is 0. The van der Waals surface area contributed by atoms with Gasteiger partial charge in [-0.15, -0.1) is 0 Å². The standard InChI is InChI=1S/C19H17N7O.C7H9N/c27-11-26-5-3-12(4-6-26)17-8-15-18(20-10-21-19(15)24-17)23-14-1-2-16-13(7-14)9-22-25-16;1-2-7-4-3-5-8-6-7/h1-3,7-11H,4-6H2,(H,22,25)(H2,20,21,23,24);3-6H,2H2,1H3. The second kappa shape index (κ2) is 10.2. The summed E-state index contributed by atoms with van der Waals surface area (Å²) in [5.74, 6) is 0.747. The highest BCUT2D eigenvalue weighted by Gasteiger charge is 2.15. The second-order valence-corrected chi connectivity index (χ2v) is 8.26. The van der Waals surface area contributed by atoms with E-state index >= 15 is 0 Å². The number of amides is 1. The number of anilines is 2. The van der Waals surface area contributed by atoms with Crippen LogP contribution in [0.2, 0.25) is 0 Å². The van der Waals surface area contributed by atoms with E-state index in [1.807, 2.05) is 30.5 Å². The van der Waals surface area contributed by atoms with Crippen LogP contribution in [0.3, 0.4) is 0 Å². The molecule has 35 heavy (non-hydrogen) atoms. The SMILES string of the molecule is CCc1cccnc1.O=CN1CC=C(c2cc3c(Nc4ccc5[nH]ncc5c4)ncnc3[nH]2)CC1. The number of fused-ring (bicyclic) bond motifs is 2. The summed E-state index contributed by atoms with van der Waals surface area (Å²) in [6.45, 7) is 3.49. The lowest BCUT2D eigenvalue weighted by Crippen LogP contribution is -2.26. The minimum Gasteiger partial charge on any atom is -0.341 e. The van der Waals surface area contributed by atoms with Crippen molar-refractivity contribution in [3.8, 4) is 0 Å². The summed E-state index contributed by atoms with van der Waals surface area (Å²) in [7, 11) is 0. The van der Waals surface area contributed by atoms with Gasteiger partial charge >= 0.3 is 0 Å². The number of hydrogen-bond acceptors (Lipinski definition) is 6. The average Bonchev–Trinajstić information content (AvgIpc) is 3.57. The Bertz CT molecular complexity index is 1470. The number of carbonyl (C=O) groups excluding carboxylic acids is 1. The Morgan fingerprint density at radius 1 is 1.17 bits per heavy atom. The van der Waals surface area contributed by atoms with E-state index in [0.29, 0.717) is 6.54 Å².